The maximum atomic E-state index is 5.26. The van der Waals surface area contributed by atoms with Crippen LogP contribution in [-0.4, -0.2) is 19.8 Å². The molecule has 3 rings (SSSR count). The van der Waals surface area contributed by atoms with E-state index in [0.29, 0.717) is 5.89 Å². The number of hydrogen-bond donors (Lipinski definition) is 1. The van der Waals surface area contributed by atoms with Crippen LogP contribution in [0.3, 0.4) is 0 Å². The second-order valence-electron chi connectivity index (χ2n) is 3.15. The van der Waals surface area contributed by atoms with Gasteiger partial charge in [0.05, 0.1) is 17.3 Å². The molecule has 80 valence electrons. The highest BCUT2D eigenvalue weighted by Crippen LogP contribution is 2.24. The average Bonchev–Trinajstić information content (AvgIpc) is 2.83. The predicted octanol–water partition coefficient (Wildman–Crippen LogP) is 2.81. The van der Waals surface area contributed by atoms with E-state index in [4.69, 9.17) is 16.6 Å². The van der Waals surface area contributed by atoms with E-state index in [9.17, 15) is 0 Å². The number of nitrogens with one attached hydrogen (secondary N) is 1. The third-order valence-electron chi connectivity index (χ3n) is 2.15. The van der Waals surface area contributed by atoms with Crippen LogP contribution in [0.25, 0.3) is 17.0 Å². The first-order valence-electron chi connectivity index (χ1n) is 4.43. The van der Waals surface area contributed by atoms with E-state index < -0.39 is 0 Å². The first-order chi connectivity index (χ1) is 7.74. The minimum Gasteiger partial charge on any atom is -0.409 e. The number of fused-ring (bicyclic) bond motifs is 1. The first-order valence-corrected chi connectivity index (χ1v) is 5.63. The van der Waals surface area contributed by atoms with Crippen molar-refractivity contribution in [3.63, 3.8) is 0 Å². The van der Waals surface area contributed by atoms with Gasteiger partial charge in [0.2, 0.25) is 5.89 Å². The Hall–Kier alpha value is -1.47. The molecule has 3 heterocycles. The Bertz CT molecular complexity index is 713. The van der Waals surface area contributed by atoms with Crippen molar-refractivity contribution in [1.29, 1.82) is 0 Å². The molecule has 16 heavy (non-hydrogen) atoms. The van der Waals surface area contributed by atoms with E-state index >= 15 is 0 Å². The number of nitrogens with zero attached hydrogens (tertiary/aromatic N) is 3. The van der Waals surface area contributed by atoms with Gasteiger partial charge in [-0.05, 0) is 24.4 Å². The molecule has 0 bridgehead atoms. The van der Waals surface area contributed by atoms with Crippen LogP contribution >= 0.6 is 28.1 Å². The van der Waals surface area contributed by atoms with Crippen LogP contribution in [0.4, 0.5) is 0 Å². The fourth-order valence-corrected chi connectivity index (χ4v) is 1.92. The van der Waals surface area contributed by atoms with Crippen LogP contribution in [0.2, 0.25) is 0 Å². The van der Waals surface area contributed by atoms with E-state index in [1.165, 1.54) is 0 Å². The third-order valence-corrected chi connectivity index (χ3v) is 2.82. The average molecular weight is 297 g/mol. The summed E-state index contributed by atoms with van der Waals surface area (Å²) in [7, 11) is 0. The van der Waals surface area contributed by atoms with Gasteiger partial charge in [-0.2, -0.15) is 5.10 Å². The van der Waals surface area contributed by atoms with Crippen LogP contribution in [-0.2, 0) is 0 Å². The first kappa shape index (κ1) is 9.73. The Morgan fingerprint density at radius 1 is 1.50 bits per heavy atom. The number of aromatic nitrogens is 4. The minimum absolute atomic E-state index is 0.254. The number of halogens is 1. The zero-order valence-electron chi connectivity index (χ0n) is 7.85. The molecular formula is C9H5BrN4OS. The minimum atomic E-state index is 0.254. The summed E-state index contributed by atoms with van der Waals surface area (Å²) in [6.07, 6.45) is 3.54. The molecule has 7 heteroatoms. The third kappa shape index (κ3) is 1.48. The summed E-state index contributed by atoms with van der Waals surface area (Å²) >= 11 is 8.24. The van der Waals surface area contributed by atoms with Crippen molar-refractivity contribution >= 4 is 33.7 Å². The van der Waals surface area contributed by atoms with Gasteiger partial charge >= 0.3 is 0 Å². The number of rotatable bonds is 1. The van der Waals surface area contributed by atoms with Gasteiger partial charge in [-0.1, -0.05) is 15.9 Å². The van der Waals surface area contributed by atoms with Gasteiger partial charge in [0.1, 0.15) is 0 Å². The lowest BCUT2D eigenvalue weighted by atomic mass is 10.2. The van der Waals surface area contributed by atoms with Gasteiger partial charge in [-0.3, -0.25) is 0 Å². The molecule has 3 aromatic rings. The topological polar surface area (TPSA) is 59.1 Å². The Labute approximate surface area is 103 Å². The van der Waals surface area contributed by atoms with Crippen molar-refractivity contribution in [2.45, 2.75) is 0 Å². The van der Waals surface area contributed by atoms with Crippen molar-refractivity contribution in [2.24, 2.45) is 0 Å². The van der Waals surface area contributed by atoms with Crippen LogP contribution in [0, 0.1) is 4.84 Å². The summed E-state index contributed by atoms with van der Waals surface area (Å²) in [4.78, 5) is 0.254. The molecule has 0 fully saturated rings. The standard InChI is InChI=1S/C9H5BrN4OS/c10-5-1-2-14-7(3-5)6(4-11-14)8-12-13-9(16)15-8/h1-4H,(H,13,16). The molecule has 0 amide bonds. The van der Waals surface area contributed by atoms with Crippen molar-refractivity contribution in [3.05, 3.63) is 33.8 Å². The summed E-state index contributed by atoms with van der Waals surface area (Å²) in [6, 6.07) is 3.85. The van der Waals surface area contributed by atoms with Gasteiger partial charge < -0.3 is 4.42 Å². The number of aromatic amines is 1. The molecule has 0 radical (unpaired) electrons. The SMILES string of the molecule is S=c1[nH]nc(-c2cnn3ccc(Br)cc23)o1. The van der Waals surface area contributed by atoms with Crippen molar-refractivity contribution in [1.82, 2.24) is 19.8 Å². The largest absolute Gasteiger partial charge is 0.409 e. The lowest BCUT2D eigenvalue weighted by Crippen LogP contribution is -1.85. The zero-order chi connectivity index (χ0) is 11.1. The number of pyridine rings is 1. The monoisotopic (exact) mass is 296 g/mol. The molecule has 1 N–H and O–H groups in total. The van der Waals surface area contributed by atoms with Crippen molar-refractivity contribution in [3.8, 4) is 11.5 Å². The van der Waals surface area contributed by atoms with Gasteiger partial charge in [-0.25, -0.2) is 9.61 Å². The van der Waals surface area contributed by atoms with Crippen molar-refractivity contribution in [2.75, 3.05) is 0 Å². The van der Waals surface area contributed by atoms with E-state index in [-0.39, 0.29) is 4.84 Å². The van der Waals surface area contributed by atoms with Gasteiger partial charge in [0.15, 0.2) is 0 Å². The lowest BCUT2D eigenvalue weighted by molar-refractivity contribution is 0.552. The molecule has 0 saturated carbocycles. The Kier molecular flexibility index (Phi) is 2.15. The molecule has 5 nitrogen and oxygen atoms in total. The van der Waals surface area contributed by atoms with E-state index in [1.54, 1.807) is 10.7 Å². The predicted molar refractivity (Wildman–Crippen MR) is 63.6 cm³/mol. The Morgan fingerprint density at radius 2 is 2.38 bits per heavy atom. The summed E-state index contributed by atoms with van der Waals surface area (Å²) in [5.74, 6) is 0.443. The van der Waals surface area contributed by atoms with Gasteiger partial charge in [-0.15, -0.1) is 5.10 Å². The van der Waals surface area contributed by atoms with Crippen LogP contribution < -0.4 is 0 Å². The molecule has 0 aliphatic heterocycles. The van der Waals surface area contributed by atoms with Gasteiger partial charge in [0.25, 0.3) is 4.84 Å². The maximum absolute atomic E-state index is 5.26. The normalized spacial score (nSPS) is 11.1. The summed E-state index contributed by atoms with van der Waals surface area (Å²) < 4.78 is 7.97. The van der Waals surface area contributed by atoms with Crippen molar-refractivity contribution < 1.29 is 4.42 Å². The highest BCUT2D eigenvalue weighted by atomic mass is 79.9. The second kappa shape index (κ2) is 3.53. The van der Waals surface area contributed by atoms with E-state index in [2.05, 4.69) is 31.2 Å². The Balaban J connectivity index is 2.31. The Morgan fingerprint density at radius 3 is 3.12 bits per heavy atom. The molecule has 0 saturated heterocycles. The molecule has 0 spiro atoms. The lowest BCUT2D eigenvalue weighted by Gasteiger charge is -1.95. The number of H-pyrrole nitrogens is 1. The summed E-state index contributed by atoms with van der Waals surface area (Å²) in [5.41, 5.74) is 1.70. The highest BCUT2D eigenvalue weighted by Gasteiger charge is 2.11. The zero-order valence-corrected chi connectivity index (χ0v) is 10.2. The smallest absolute Gasteiger partial charge is 0.284 e. The van der Waals surface area contributed by atoms with Gasteiger partial charge in [0, 0.05) is 10.7 Å². The van der Waals surface area contributed by atoms with Crippen LogP contribution in [0.5, 0.6) is 0 Å². The molecule has 0 unspecified atom stereocenters. The van der Waals surface area contributed by atoms with E-state index in [0.717, 1.165) is 15.6 Å². The van der Waals surface area contributed by atoms with Crippen LogP contribution in [0.1, 0.15) is 0 Å². The fourth-order valence-electron chi connectivity index (χ4n) is 1.46. The molecular weight excluding hydrogens is 292 g/mol. The molecule has 3 aromatic heterocycles. The highest BCUT2D eigenvalue weighted by molar-refractivity contribution is 9.10. The molecule has 0 aliphatic carbocycles. The quantitative estimate of drug-likeness (QED) is 0.702. The maximum Gasteiger partial charge on any atom is 0.284 e. The summed E-state index contributed by atoms with van der Waals surface area (Å²) in [6.45, 7) is 0. The fraction of sp³-hybridized carbons (Fsp3) is 0. The second-order valence-corrected chi connectivity index (χ2v) is 4.44. The summed E-state index contributed by atoms with van der Waals surface area (Å²) in [5, 5.41) is 10.8. The molecule has 0 aromatic carbocycles. The molecule has 0 aliphatic rings. The molecule has 0 atom stereocenters. The number of hydrogen-bond acceptors (Lipinski definition) is 4. The van der Waals surface area contributed by atoms with Crippen LogP contribution in [0.15, 0.2) is 33.4 Å². The van der Waals surface area contributed by atoms with E-state index in [1.807, 2.05) is 18.3 Å².